The Bertz CT molecular complexity index is 419. The van der Waals surface area contributed by atoms with E-state index in [1.54, 1.807) is 0 Å². The van der Waals surface area contributed by atoms with Gasteiger partial charge in [0.15, 0.2) is 0 Å². The molecule has 0 saturated carbocycles. The van der Waals surface area contributed by atoms with Gasteiger partial charge in [-0.2, -0.15) is 0 Å². The van der Waals surface area contributed by atoms with Gasteiger partial charge in [0.05, 0.1) is 19.4 Å². The van der Waals surface area contributed by atoms with Crippen molar-refractivity contribution in [3.63, 3.8) is 0 Å². The number of aliphatic hydroxyl groups excluding tert-OH is 1. The Morgan fingerprint density at radius 3 is 2.74 bits per heavy atom. The van der Waals surface area contributed by atoms with Crippen LogP contribution < -0.4 is 0 Å². The van der Waals surface area contributed by atoms with E-state index >= 15 is 0 Å². The molecule has 1 aliphatic heterocycles. The molecule has 2 N–H and O–H groups in total. The normalized spacial score (nSPS) is 18.4. The molecule has 1 saturated heterocycles. The van der Waals surface area contributed by atoms with E-state index in [-0.39, 0.29) is 12.2 Å². The molecule has 6 heteroatoms. The standard InChI is InChI=1S/C13H20N2O4/c16-8-7-14-3-1-4-15(6-5-14)10-12-11(13(17)18)2-9-19-12/h2,9,16H,1,3-8,10H2,(H,17,18). The van der Waals surface area contributed by atoms with Crippen LogP contribution in [-0.4, -0.2) is 65.3 Å². The summed E-state index contributed by atoms with van der Waals surface area (Å²) < 4.78 is 5.27. The molecule has 2 rings (SSSR count). The van der Waals surface area contributed by atoms with Crippen LogP contribution in [0.3, 0.4) is 0 Å². The van der Waals surface area contributed by atoms with Crippen LogP contribution in [0.4, 0.5) is 0 Å². The third-order valence-electron chi connectivity index (χ3n) is 3.44. The highest BCUT2D eigenvalue weighted by Crippen LogP contribution is 2.14. The summed E-state index contributed by atoms with van der Waals surface area (Å²) in [7, 11) is 0. The van der Waals surface area contributed by atoms with Gasteiger partial charge in [-0.25, -0.2) is 4.79 Å². The first-order chi connectivity index (χ1) is 9.20. The van der Waals surface area contributed by atoms with Crippen molar-refractivity contribution >= 4 is 5.97 Å². The van der Waals surface area contributed by atoms with Gasteiger partial charge >= 0.3 is 5.97 Å². The van der Waals surface area contributed by atoms with Crippen LogP contribution in [0.25, 0.3) is 0 Å². The third-order valence-corrected chi connectivity index (χ3v) is 3.44. The van der Waals surface area contributed by atoms with Gasteiger partial charge in [-0.15, -0.1) is 0 Å². The molecule has 1 aliphatic rings. The maximum atomic E-state index is 11.0. The largest absolute Gasteiger partial charge is 0.478 e. The summed E-state index contributed by atoms with van der Waals surface area (Å²) in [5.74, 6) is -0.427. The lowest BCUT2D eigenvalue weighted by Gasteiger charge is -2.20. The summed E-state index contributed by atoms with van der Waals surface area (Å²) in [6.45, 7) is 5.06. The third kappa shape index (κ3) is 3.79. The minimum Gasteiger partial charge on any atom is -0.478 e. The highest BCUT2D eigenvalue weighted by molar-refractivity contribution is 5.88. The molecular formula is C13H20N2O4. The fourth-order valence-electron chi connectivity index (χ4n) is 2.40. The fraction of sp³-hybridized carbons (Fsp3) is 0.615. The van der Waals surface area contributed by atoms with E-state index in [1.807, 2.05) is 0 Å². The molecule has 19 heavy (non-hydrogen) atoms. The van der Waals surface area contributed by atoms with Gasteiger partial charge in [0.2, 0.25) is 0 Å². The van der Waals surface area contributed by atoms with E-state index < -0.39 is 5.97 Å². The molecule has 0 amide bonds. The molecule has 1 aromatic rings. The fourth-order valence-corrected chi connectivity index (χ4v) is 2.40. The second-order valence-electron chi connectivity index (χ2n) is 4.76. The van der Waals surface area contributed by atoms with E-state index in [4.69, 9.17) is 14.6 Å². The van der Waals surface area contributed by atoms with Gasteiger partial charge in [0.1, 0.15) is 11.3 Å². The lowest BCUT2D eigenvalue weighted by atomic mass is 10.2. The molecule has 2 heterocycles. The Labute approximate surface area is 112 Å². The van der Waals surface area contributed by atoms with Crippen molar-refractivity contribution in [3.05, 3.63) is 23.7 Å². The number of nitrogens with zero attached hydrogens (tertiary/aromatic N) is 2. The number of carbonyl (C=O) groups is 1. The lowest BCUT2D eigenvalue weighted by molar-refractivity contribution is 0.0692. The van der Waals surface area contributed by atoms with E-state index in [9.17, 15) is 4.79 Å². The van der Waals surface area contributed by atoms with Crippen LogP contribution in [0.15, 0.2) is 16.7 Å². The molecule has 0 aromatic carbocycles. The number of aliphatic hydroxyl groups is 1. The summed E-state index contributed by atoms with van der Waals surface area (Å²) in [6, 6.07) is 1.49. The van der Waals surface area contributed by atoms with Crippen molar-refractivity contribution < 1.29 is 19.4 Å². The first-order valence-corrected chi connectivity index (χ1v) is 6.56. The number of rotatable bonds is 5. The van der Waals surface area contributed by atoms with Crippen LogP contribution in [0.1, 0.15) is 22.5 Å². The van der Waals surface area contributed by atoms with E-state index in [1.165, 1.54) is 12.3 Å². The lowest BCUT2D eigenvalue weighted by Crippen LogP contribution is -2.32. The van der Waals surface area contributed by atoms with Gasteiger partial charge in [-0.3, -0.25) is 9.80 Å². The molecule has 0 bridgehead atoms. The van der Waals surface area contributed by atoms with Crippen molar-refractivity contribution in [2.45, 2.75) is 13.0 Å². The first-order valence-electron chi connectivity index (χ1n) is 6.56. The number of hydrogen-bond donors (Lipinski definition) is 2. The Kier molecular flexibility index (Phi) is 4.95. The van der Waals surface area contributed by atoms with Crippen molar-refractivity contribution in [3.8, 4) is 0 Å². The quantitative estimate of drug-likeness (QED) is 0.808. The van der Waals surface area contributed by atoms with Gasteiger partial charge in [-0.05, 0) is 25.6 Å². The van der Waals surface area contributed by atoms with Crippen LogP contribution in [0.2, 0.25) is 0 Å². The number of β-amino-alcohol motifs (C(OH)–C–C–N with tert-alkyl or cyclic N) is 1. The van der Waals surface area contributed by atoms with Crippen LogP contribution >= 0.6 is 0 Å². The molecule has 0 spiro atoms. The predicted molar refractivity (Wildman–Crippen MR) is 69.1 cm³/mol. The van der Waals surface area contributed by atoms with Gasteiger partial charge in [0, 0.05) is 19.6 Å². The molecule has 1 aromatic heterocycles. The molecule has 0 atom stereocenters. The van der Waals surface area contributed by atoms with Crippen molar-refractivity contribution in [1.29, 1.82) is 0 Å². The number of carboxylic acid groups (broad SMARTS) is 1. The van der Waals surface area contributed by atoms with Crippen molar-refractivity contribution in [2.24, 2.45) is 0 Å². The molecule has 106 valence electrons. The summed E-state index contributed by atoms with van der Waals surface area (Å²) >= 11 is 0. The zero-order chi connectivity index (χ0) is 13.7. The van der Waals surface area contributed by atoms with Crippen molar-refractivity contribution in [1.82, 2.24) is 9.80 Å². The monoisotopic (exact) mass is 268 g/mol. The topological polar surface area (TPSA) is 77.2 Å². The first kappa shape index (κ1) is 14.0. The van der Waals surface area contributed by atoms with Crippen LogP contribution in [0, 0.1) is 0 Å². The zero-order valence-electron chi connectivity index (χ0n) is 10.9. The highest BCUT2D eigenvalue weighted by Gasteiger charge is 2.19. The number of furan rings is 1. The van der Waals surface area contributed by atoms with Crippen LogP contribution in [0.5, 0.6) is 0 Å². The molecule has 0 unspecified atom stereocenters. The highest BCUT2D eigenvalue weighted by atomic mass is 16.4. The maximum Gasteiger partial charge on any atom is 0.339 e. The average molecular weight is 268 g/mol. The van der Waals surface area contributed by atoms with Gasteiger partial charge in [0.25, 0.3) is 0 Å². The minimum atomic E-state index is -0.944. The Balaban J connectivity index is 1.92. The minimum absolute atomic E-state index is 0.182. The van der Waals surface area contributed by atoms with Gasteiger partial charge < -0.3 is 14.6 Å². The summed E-state index contributed by atoms with van der Waals surface area (Å²) in [5.41, 5.74) is 0.247. The zero-order valence-corrected chi connectivity index (χ0v) is 10.9. The van der Waals surface area contributed by atoms with E-state index in [0.717, 1.165) is 32.6 Å². The van der Waals surface area contributed by atoms with E-state index in [2.05, 4.69) is 9.80 Å². The average Bonchev–Trinajstić information content (AvgIpc) is 2.72. The Morgan fingerprint density at radius 2 is 2.00 bits per heavy atom. The second kappa shape index (κ2) is 6.70. The predicted octanol–water partition coefficient (Wildman–Crippen LogP) is 0.478. The Hall–Kier alpha value is -1.37. The van der Waals surface area contributed by atoms with Crippen molar-refractivity contribution in [2.75, 3.05) is 39.3 Å². The molecule has 0 aliphatic carbocycles. The number of hydrogen-bond acceptors (Lipinski definition) is 5. The molecule has 0 radical (unpaired) electrons. The SMILES string of the molecule is O=C(O)c1ccoc1CN1CCCN(CCO)CC1. The number of aromatic carboxylic acids is 1. The van der Waals surface area contributed by atoms with Crippen LogP contribution in [-0.2, 0) is 6.54 Å². The maximum absolute atomic E-state index is 11.0. The Morgan fingerprint density at radius 1 is 1.26 bits per heavy atom. The summed E-state index contributed by atoms with van der Waals surface area (Å²) in [4.78, 5) is 15.4. The molecule has 1 fully saturated rings. The van der Waals surface area contributed by atoms with Gasteiger partial charge in [-0.1, -0.05) is 0 Å². The smallest absolute Gasteiger partial charge is 0.339 e. The second-order valence-corrected chi connectivity index (χ2v) is 4.76. The van der Waals surface area contributed by atoms with E-state index in [0.29, 0.717) is 18.8 Å². The molecular weight excluding hydrogens is 248 g/mol. The summed E-state index contributed by atoms with van der Waals surface area (Å²) in [5, 5.41) is 18.0. The summed E-state index contributed by atoms with van der Waals surface area (Å²) in [6.07, 6.45) is 2.44. The molecule has 6 nitrogen and oxygen atoms in total. The number of carboxylic acids is 1.